The predicted molar refractivity (Wildman–Crippen MR) is 127 cm³/mol. The van der Waals surface area contributed by atoms with Crippen LogP contribution < -0.4 is 15.4 Å². The van der Waals surface area contributed by atoms with Crippen LogP contribution in [0.4, 0.5) is 4.79 Å². The van der Waals surface area contributed by atoms with Crippen LogP contribution in [0.5, 0.6) is 5.75 Å². The van der Waals surface area contributed by atoms with Gasteiger partial charge in [0, 0.05) is 19.1 Å². The van der Waals surface area contributed by atoms with Crippen molar-refractivity contribution in [2.45, 2.75) is 52.1 Å². The molecule has 2 unspecified atom stereocenters. The zero-order valence-corrected chi connectivity index (χ0v) is 19.6. The number of hydrogen-bond acceptors (Lipinski definition) is 3. The lowest BCUT2D eigenvalue weighted by atomic mass is 9.88. The standard InChI is InChI=1S/C26H35N3O3/c1-18(2)28-26(31)29-17-22(10-13-24(29)21-7-5-6-19(3)16-21)25(30)27-15-14-20-8-11-23(32-4)12-9-20/h5-9,11-12,16,18,22,24H,10,13-15,17H2,1-4H3,(H,27,30)(H,28,31). The smallest absolute Gasteiger partial charge is 0.318 e. The number of likely N-dealkylation sites (tertiary alicyclic amines) is 1. The molecule has 2 aromatic rings. The van der Waals surface area contributed by atoms with Gasteiger partial charge in [0.05, 0.1) is 19.1 Å². The van der Waals surface area contributed by atoms with Gasteiger partial charge in [-0.2, -0.15) is 0 Å². The van der Waals surface area contributed by atoms with Gasteiger partial charge in [0.1, 0.15) is 5.75 Å². The fraction of sp³-hybridized carbons (Fsp3) is 0.462. The largest absolute Gasteiger partial charge is 0.497 e. The Hall–Kier alpha value is -3.02. The Balaban J connectivity index is 1.62. The number of amides is 3. The van der Waals surface area contributed by atoms with E-state index >= 15 is 0 Å². The van der Waals surface area contributed by atoms with Crippen LogP contribution in [-0.4, -0.2) is 43.1 Å². The molecule has 3 amide bonds. The number of hydrogen-bond donors (Lipinski definition) is 2. The molecule has 1 fully saturated rings. The number of rotatable bonds is 7. The third kappa shape index (κ3) is 6.25. The number of ether oxygens (including phenoxy) is 1. The van der Waals surface area contributed by atoms with Crippen LogP contribution >= 0.6 is 0 Å². The van der Waals surface area contributed by atoms with Crippen molar-refractivity contribution in [3.63, 3.8) is 0 Å². The first-order chi connectivity index (χ1) is 15.4. The Bertz CT molecular complexity index is 911. The van der Waals surface area contributed by atoms with E-state index in [1.54, 1.807) is 7.11 Å². The van der Waals surface area contributed by atoms with Gasteiger partial charge in [-0.15, -0.1) is 0 Å². The molecule has 2 N–H and O–H groups in total. The third-order valence-electron chi connectivity index (χ3n) is 5.92. The second-order valence-electron chi connectivity index (χ2n) is 8.85. The zero-order chi connectivity index (χ0) is 23.1. The lowest BCUT2D eigenvalue weighted by molar-refractivity contribution is -0.126. The van der Waals surface area contributed by atoms with Gasteiger partial charge in [-0.05, 0) is 63.3 Å². The Morgan fingerprint density at radius 1 is 1.12 bits per heavy atom. The van der Waals surface area contributed by atoms with Crippen molar-refractivity contribution in [1.29, 1.82) is 0 Å². The van der Waals surface area contributed by atoms with Crippen LogP contribution in [0, 0.1) is 12.8 Å². The van der Waals surface area contributed by atoms with Crippen molar-refractivity contribution in [2.75, 3.05) is 20.2 Å². The van der Waals surface area contributed by atoms with Gasteiger partial charge < -0.3 is 20.3 Å². The number of urea groups is 1. The minimum atomic E-state index is -0.204. The van der Waals surface area contributed by atoms with E-state index in [1.807, 2.05) is 49.1 Å². The molecule has 1 heterocycles. The Morgan fingerprint density at radius 3 is 2.53 bits per heavy atom. The highest BCUT2D eigenvalue weighted by atomic mass is 16.5. The van der Waals surface area contributed by atoms with E-state index in [9.17, 15) is 9.59 Å². The summed E-state index contributed by atoms with van der Waals surface area (Å²) < 4.78 is 5.18. The van der Waals surface area contributed by atoms with E-state index in [1.165, 1.54) is 5.56 Å². The SMILES string of the molecule is COc1ccc(CCNC(=O)C2CCC(c3cccc(C)c3)N(C(=O)NC(C)C)C2)cc1. The van der Waals surface area contributed by atoms with E-state index in [0.29, 0.717) is 13.1 Å². The number of carbonyl (C=O) groups excluding carboxylic acids is 2. The summed E-state index contributed by atoms with van der Waals surface area (Å²) in [4.78, 5) is 27.7. The molecule has 0 spiro atoms. The molecule has 1 aliphatic rings. The Labute approximate surface area is 191 Å². The van der Waals surface area contributed by atoms with E-state index in [-0.39, 0.29) is 29.9 Å². The summed E-state index contributed by atoms with van der Waals surface area (Å²) in [7, 11) is 1.65. The fourth-order valence-corrected chi connectivity index (χ4v) is 4.23. The molecule has 2 aromatic carbocycles. The molecule has 1 saturated heterocycles. The number of nitrogens with zero attached hydrogens (tertiary/aromatic N) is 1. The van der Waals surface area contributed by atoms with Gasteiger partial charge in [0.25, 0.3) is 0 Å². The van der Waals surface area contributed by atoms with Crippen LogP contribution in [-0.2, 0) is 11.2 Å². The minimum absolute atomic E-state index is 0.0167. The molecule has 6 heteroatoms. The molecule has 0 aromatic heterocycles. The van der Waals surface area contributed by atoms with Crippen LogP contribution in [0.3, 0.4) is 0 Å². The van der Waals surface area contributed by atoms with Crippen LogP contribution in [0.15, 0.2) is 48.5 Å². The Kier molecular flexibility index (Phi) is 8.14. The molecular formula is C26H35N3O3. The first kappa shape index (κ1) is 23.6. The highest BCUT2D eigenvalue weighted by Crippen LogP contribution is 2.34. The molecule has 0 bridgehead atoms. The second-order valence-corrected chi connectivity index (χ2v) is 8.85. The van der Waals surface area contributed by atoms with Crippen LogP contribution in [0.2, 0.25) is 0 Å². The lowest BCUT2D eigenvalue weighted by Gasteiger charge is -2.40. The normalized spacial score (nSPS) is 18.3. The monoisotopic (exact) mass is 437 g/mol. The summed E-state index contributed by atoms with van der Waals surface area (Å²) in [6.45, 7) is 6.95. The summed E-state index contributed by atoms with van der Waals surface area (Å²) >= 11 is 0. The number of nitrogens with one attached hydrogen (secondary N) is 2. The quantitative estimate of drug-likeness (QED) is 0.681. The highest BCUT2D eigenvalue weighted by Gasteiger charge is 2.35. The number of methoxy groups -OCH3 is 1. The molecule has 0 saturated carbocycles. The molecular weight excluding hydrogens is 402 g/mol. The maximum Gasteiger partial charge on any atom is 0.318 e. The molecule has 6 nitrogen and oxygen atoms in total. The maximum atomic E-state index is 13.0. The maximum absolute atomic E-state index is 13.0. The van der Waals surface area contributed by atoms with Crippen molar-refractivity contribution in [2.24, 2.45) is 5.92 Å². The summed E-state index contributed by atoms with van der Waals surface area (Å²) in [5.74, 6) is 0.635. The van der Waals surface area contributed by atoms with Crippen molar-refractivity contribution in [3.05, 3.63) is 65.2 Å². The molecule has 0 aliphatic carbocycles. The molecule has 172 valence electrons. The van der Waals surface area contributed by atoms with Crippen molar-refractivity contribution in [1.82, 2.24) is 15.5 Å². The summed E-state index contributed by atoms with van der Waals surface area (Å²) in [5.41, 5.74) is 3.44. The van der Waals surface area contributed by atoms with Gasteiger partial charge in [0.15, 0.2) is 0 Å². The fourth-order valence-electron chi connectivity index (χ4n) is 4.23. The van der Waals surface area contributed by atoms with E-state index in [4.69, 9.17) is 4.74 Å². The van der Waals surface area contributed by atoms with E-state index in [2.05, 4.69) is 35.8 Å². The molecule has 1 aliphatic heterocycles. The Morgan fingerprint density at radius 2 is 1.88 bits per heavy atom. The number of piperidine rings is 1. The number of benzene rings is 2. The zero-order valence-electron chi connectivity index (χ0n) is 19.6. The van der Waals surface area contributed by atoms with Gasteiger partial charge in [-0.25, -0.2) is 4.79 Å². The van der Waals surface area contributed by atoms with Crippen LogP contribution in [0.1, 0.15) is 49.4 Å². The van der Waals surface area contributed by atoms with Crippen molar-refractivity contribution in [3.8, 4) is 5.75 Å². The molecule has 32 heavy (non-hydrogen) atoms. The van der Waals surface area contributed by atoms with Gasteiger partial charge in [0.2, 0.25) is 5.91 Å². The first-order valence-electron chi connectivity index (χ1n) is 11.4. The molecule has 0 radical (unpaired) electrons. The predicted octanol–water partition coefficient (Wildman–Crippen LogP) is 4.23. The lowest BCUT2D eigenvalue weighted by Crippen LogP contribution is -2.51. The van der Waals surface area contributed by atoms with Crippen molar-refractivity contribution < 1.29 is 14.3 Å². The highest BCUT2D eigenvalue weighted by molar-refractivity contribution is 5.81. The average Bonchev–Trinajstić information content (AvgIpc) is 2.78. The van der Waals surface area contributed by atoms with Gasteiger partial charge in [-0.3, -0.25) is 4.79 Å². The third-order valence-corrected chi connectivity index (χ3v) is 5.92. The molecule has 2 atom stereocenters. The van der Waals surface area contributed by atoms with Crippen molar-refractivity contribution >= 4 is 11.9 Å². The molecule has 3 rings (SSSR count). The van der Waals surface area contributed by atoms with E-state index < -0.39 is 0 Å². The van der Waals surface area contributed by atoms with Crippen LogP contribution in [0.25, 0.3) is 0 Å². The summed E-state index contributed by atoms with van der Waals surface area (Å²) in [5, 5.41) is 6.07. The summed E-state index contributed by atoms with van der Waals surface area (Å²) in [6, 6.07) is 16.1. The van der Waals surface area contributed by atoms with Gasteiger partial charge >= 0.3 is 6.03 Å². The minimum Gasteiger partial charge on any atom is -0.497 e. The first-order valence-corrected chi connectivity index (χ1v) is 11.4. The second kappa shape index (κ2) is 11.0. The van der Waals surface area contributed by atoms with E-state index in [0.717, 1.165) is 36.1 Å². The number of carbonyl (C=O) groups is 2. The summed E-state index contributed by atoms with van der Waals surface area (Å²) in [6.07, 6.45) is 2.29. The number of aryl methyl sites for hydroxylation is 1. The average molecular weight is 438 g/mol. The van der Waals surface area contributed by atoms with Gasteiger partial charge in [-0.1, -0.05) is 42.0 Å². The topological polar surface area (TPSA) is 70.7 Å².